The fraction of sp³-hybridized carbons (Fsp3) is 0.467. The Kier molecular flexibility index (Phi) is 6.65. The zero-order chi connectivity index (χ0) is 17.5. The van der Waals surface area contributed by atoms with Gasteiger partial charge in [-0.15, -0.1) is 0 Å². The summed E-state index contributed by atoms with van der Waals surface area (Å²) in [6.07, 6.45) is 0.160. The Hall–Kier alpha value is -2.48. The topological polar surface area (TPSA) is 119 Å². The first-order chi connectivity index (χ1) is 10.8. The van der Waals surface area contributed by atoms with E-state index < -0.39 is 16.4 Å². The molecule has 1 amide bonds. The lowest BCUT2D eigenvalue weighted by molar-refractivity contribution is -0.384. The van der Waals surface area contributed by atoms with E-state index in [0.717, 1.165) is 0 Å². The molecule has 1 rings (SSSR count). The van der Waals surface area contributed by atoms with E-state index in [4.69, 9.17) is 9.84 Å². The van der Waals surface area contributed by atoms with Crippen LogP contribution in [0.15, 0.2) is 24.3 Å². The lowest BCUT2D eigenvalue weighted by Crippen LogP contribution is -2.50. The number of carbonyl (C=O) groups excluding carboxylic acids is 1. The molecule has 0 radical (unpaired) electrons. The van der Waals surface area contributed by atoms with Crippen molar-refractivity contribution in [3.63, 3.8) is 0 Å². The van der Waals surface area contributed by atoms with Crippen LogP contribution in [0.3, 0.4) is 0 Å². The molecule has 8 heteroatoms. The zero-order valence-electron chi connectivity index (χ0n) is 13.1. The predicted octanol–water partition coefficient (Wildman–Crippen LogP) is 1.52. The minimum absolute atomic E-state index is 0.0296. The van der Waals surface area contributed by atoms with Crippen molar-refractivity contribution in [2.24, 2.45) is 0 Å². The van der Waals surface area contributed by atoms with E-state index in [1.54, 1.807) is 19.1 Å². The molecule has 1 unspecified atom stereocenters. The molecule has 0 bridgehead atoms. The minimum Gasteiger partial charge on any atom is -0.481 e. The van der Waals surface area contributed by atoms with Crippen molar-refractivity contribution in [1.82, 2.24) is 5.32 Å². The molecule has 2 N–H and O–H groups in total. The first kappa shape index (κ1) is 18.6. The second kappa shape index (κ2) is 8.23. The number of methoxy groups -OCH3 is 1. The van der Waals surface area contributed by atoms with Gasteiger partial charge in [0.2, 0.25) is 5.91 Å². The van der Waals surface area contributed by atoms with Crippen LogP contribution >= 0.6 is 0 Å². The number of aliphatic carboxylic acids is 1. The first-order valence-corrected chi connectivity index (χ1v) is 7.01. The number of nitro groups is 1. The van der Waals surface area contributed by atoms with Crippen LogP contribution in [0.5, 0.6) is 0 Å². The smallest absolute Gasteiger partial charge is 0.305 e. The van der Waals surface area contributed by atoms with Gasteiger partial charge in [-0.1, -0.05) is 12.1 Å². The van der Waals surface area contributed by atoms with Gasteiger partial charge in [0, 0.05) is 25.7 Å². The highest BCUT2D eigenvalue weighted by atomic mass is 16.6. The molecular formula is C15H20N2O6. The molecule has 0 heterocycles. The van der Waals surface area contributed by atoms with Crippen molar-refractivity contribution in [3.05, 3.63) is 39.9 Å². The number of carboxylic acids is 1. The van der Waals surface area contributed by atoms with Crippen molar-refractivity contribution in [2.75, 3.05) is 13.7 Å². The van der Waals surface area contributed by atoms with Crippen molar-refractivity contribution >= 4 is 17.6 Å². The van der Waals surface area contributed by atoms with Gasteiger partial charge in [0.05, 0.1) is 23.5 Å². The minimum atomic E-state index is -1.04. The molecule has 0 aromatic heterocycles. The van der Waals surface area contributed by atoms with Gasteiger partial charge in [0.1, 0.15) is 0 Å². The van der Waals surface area contributed by atoms with Crippen molar-refractivity contribution in [2.45, 2.75) is 31.7 Å². The largest absolute Gasteiger partial charge is 0.481 e. The normalized spacial score (nSPS) is 13.1. The highest BCUT2D eigenvalue weighted by Crippen LogP contribution is 2.15. The standard InChI is InChI=1S/C15H20N2O6/c1-15(10-23-2,9-14(19)20)16-13(18)7-6-11-4-3-5-12(8-11)17(21)22/h3-5,8H,6-7,9-10H2,1-2H3,(H,16,18)(H,19,20). The van der Waals surface area contributed by atoms with Gasteiger partial charge in [-0.2, -0.15) is 0 Å². The summed E-state index contributed by atoms with van der Waals surface area (Å²) in [4.78, 5) is 33.1. The molecule has 0 aliphatic heterocycles. The molecule has 1 atom stereocenters. The average molecular weight is 324 g/mol. The number of nitrogens with one attached hydrogen (secondary N) is 1. The molecule has 1 aromatic rings. The third-order valence-corrected chi connectivity index (χ3v) is 3.21. The van der Waals surface area contributed by atoms with E-state index >= 15 is 0 Å². The third kappa shape index (κ3) is 6.43. The van der Waals surface area contributed by atoms with E-state index in [-0.39, 0.29) is 31.0 Å². The number of nitro benzene ring substituents is 1. The van der Waals surface area contributed by atoms with Crippen LogP contribution in [0.2, 0.25) is 0 Å². The Balaban J connectivity index is 2.63. The quantitative estimate of drug-likeness (QED) is 0.525. The molecule has 0 aliphatic rings. The third-order valence-electron chi connectivity index (χ3n) is 3.21. The molecule has 23 heavy (non-hydrogen) atoms. The highest BCUT2D eigenvalue weighted by molar-refractivity contribution is 5.78. The molecule has 8 nitrogen and oxygen atoms in total. The van der Waals surface area contributed by atoms with E-state index in [2.05, 4.69) is 5.32 Å². The Labute approximate surface area is 133 Å². The summed E-state index contributed by atoms with van der Waals surface area (Å²) in [7, 11) is 1.43. The Morgan fingerprint density at radius 1 is 1.43 bits per heavy atom. The molecule has 0 saturated heterocycles. The summed E-state index contributed by atoms with van der Waals surface area (Å²) < 4.78 is 4.96. The van der Waals surface area contributed by atoms with Crippen LogP contribution < -0.4 is 5.32 Å². The summed E-state index contributed by atoms with van der Waals surface area (Å²) >= 11 is 0. The monoisotopic (exact) mass is 324 g/mol. The number of carbonyl (C=O) groups is 2. The fourth-order valence-corrected chi connectivity index (χ4v) is 2.27. The number of ether oxygens (including phenoxy) is 1. The van der Waals surface area contributed by atoms with Gasteiger partial charge in [-0.05, 0) is 18.9 Å². The van der Waals surface area contributed by atoms with Crippen molar-refractivity contribution in [3.8, 4) is 0 Å². The van der Waals surface area contributed by atoms with Gasteiger partial charge < -0.3 is 15.2 Å². The number of amides is 1. The molecule has 1 aromatic carbocycles. The molecular weight excluding hydrogens is 304 g/mol. The van der Waals surface area contributed by atoms with Crippen LogP contribution in [0.25, 0.3) is 0 Å². The van der Waals surface area contributed by atoms with Gasteiger partial charge in [0.15, 0.2) is 0 Å². The van der Waals surface area contributed by atoms with Crippen LogP contribution in [-0.2, 0) is 20.7 Å². The Morgan fingerprint density at radius 3 is 2.70 bits per heavy atom. The number of aryl methyl sites for hydroxylation is 1. The number of carboxylic acid groups (broad SMARTS) is 1. The molecule has 126 valence electrons. The molecule has 0 aliphatic carbocycles. The second-order valence-electron chi connectivity index (χ2n) is 5.54. The summed E-state index contributed by atoms with van der Waals surface area (Å²) in [5.41, 5.74) is -0.362. The fourth-order valence-electron chi connectivity index (χ4n) is 2.27. The molecule has 0 spiro atoms. The number of hydrogen-bond acceptors (Lipinski definition) is 5. The maximum absolute atomic E-state index is 12.0. The lowest BCUT2D eigenvalue weighted by Gasteiger charge is -2.28. The van der Waals surface area contributed by atoms with E-state index in [0.29, 0.717) is 12.0 Å². The summed E-state index contributed by atoms with van der Waals surface area (Å²) in [6.45, 7) is 1.66. The van der Waals surface area contributed by atoms with Crippen molar-refractivity contribution < 1.29 is 24.4 Å². The maximum atomic E-state index is 12.0. The molecule has 0 saturated carbocycles. The van der Waals surface area contributed by atoms with E-state index in [9.17, 15) is 19.7 Å². The number of non-ortho nitro benzene ring substituents is 1. The Bertz CT molecular complexity index is 589. The molecule has 0 fully saturated rings. The predicted molar refractivity (Wildman–Crippen MR) is 82.1 cm³/mol. The highest BCUT2D eigenvalue weighted by Gasteiger charge is 2.29. The van der Waals surface area contributed by atoms with Gasteiger partial charge >= 0.3 is 5.97 Å². The number of nitrogens with zero attached hydrogens (tertiary/aromatic N) is 1. The van der Waals surface area contributed by atoms with Crippen LogP contribution in [0.4, 0.5) is 5.69 Å². The van der Waals surface area contributed by atoms with Gasteiger partial charge in [0.25, 0.3) is 5.69 Å². The SMILES string of the molecule is COCC(C)(CC(=O)O)NC(=O)CCc1cccc([N+](=O)[O-])c1. The summed E-state index contributed by atoms with van der Waals surface area (Å²) in [6, 6.07) is 6.06. The second-order valence-corrected chi connectivity index (χ2v) is 5.54. The average Bonchev–Trinajstić information content (AvgIpc) is 2.44. The van der Waals surface area contributed by atoms with Crippen LogP contribution in [0, 0.1) is 10.1 Å². The van der Waals surface area contributed by atoms with E-state index in [1.165, 1.54) is 19.2 Å². The summed E-state index contributed by atoms with van der Waals surface area (Å²) in [5, 5.41) is 22.3. The number of rotatable bonds is 9. The van der Waals surface area contributed by atoms with E-state index in [1.807, 2.05) is 0 Å². The Morgan fingerprint density at radius 2 is 2.13 bits per heavy atom. The van der Waals surface area contributed by atoms with Gasteiger partial charge in [-0.25, -0.2) is 0 Å². The summed E-state index contributed by atoms with van der Waals surface area (Å²) in [5.74, 6) is -1.37. The maximum Gasteiger partial charge on any atom is 0.305 e. The lowest BCUT2D eigenvalue weighted by atomic mass is 9.98. The van der Waals surface area contributed by atoms with Crippen LogP contribution in [-0.4, -0.2) is 41.2 Å². The number of benzene rings is 1. The van der Waals surface area contributed by atoms with Crippen molar-refractivity contribution in [1.29, 1.82) is 0 Å². The first-order valence-electron chi connectivity index (χ1n) is 7.01. The van der Waals surface area contributed by atoms with Crippen LogP contribution in [0.1, 0.15) is 25.3 Å². The zero-order valence-corrected chi connectivity index (χ0v) is 13.1. The van der Waals surface area contributed by atoms with Gasteiger partial charge in [-0.3, -0.25) is 19.7 Å². The number of hydrogen-bond donors (Lipinski definition) is 2.